The molecule has 0 saturated carbocycles. The molecule has 0 fully saturated rings. The van der Waals surface area contributed by atoms with E-state index >= 15 is 0 Å². The Hall–Kier alpha value is -2.08. The number of allylic oxidation sites excluding steroid dienone is 10. The lowest BCUT2D eigenvalue weighted by Crippen LogP contribution is -1.87. The molecule has 0 bridgehead atoms. The minimum Gasteiger partial charge on any atom is -0.0795 e. The van der Waals surface area contributed by atoms with Crippen molar-refractivity contribution in [1.82, 2.24) is 0 Å². The van der Waals surface area contributed by atoms with E-state index in [0.717, 1.165) is 6.42 Å². The van der Waals surface area contributed by atoms with E-state index < -0.39 is 0 Å². The van der Waals surface area contributed by atoms with Crippen molar-refractivity contribution in [3.05, 3.63) is 88.6 Å². The number of hydrogen-bond acceptors (Lipinski definition) is 0. The van der Waals surface area contributed by atoms with Crippen LogP contribution < -0.4 is 0 Å². The van der Waals surface area contributed by atoms with Crippen LogP contribution in [0.3, 0.4) is 0 Å². The van der Waals surface area contributed by atoms with E-state index in [1.807, 2.05) is 0 Å². The lowest BCUT2D eigenvalue weighted by atomic mass is 9.97. The molecule has 0 spiro atoms. The monoisotopic (exact) mass is 246 g/mol. The first kappa shape index (κ1) is 12.0. The highest BCUT2D eigenvalue weighted by Crippen LogP contribution is 2.36. The van der Waals surface area contributed by atoms with Crippen molar-refractivity contribution in [2.75, 3.05) is 0 Å². The van der Waals surface area contributed by atoms with Crippen LogP contribution in [-0.4, -0.2) is 0 Å². The summed E-state index contributed by atoms with van der Waals surface area (Å²) in [5.41, 5.74) is 8.21. The van der Waals surface area contributed by atoms with Gasteiger partial charge in [0.25, 0.3) is 0 Å². The summed E-state index contributed by atoms with van der Waals surface area (Å²) in [6.07, 6.45) is 12.3. The van der Waals surface area contributed by atoms with Gasteiger partial charge < -0.3 is 0 Å². The first-order chi connectivity index (χ1) is 9.25. The molecule has 0 aliphatic heterocycles. The average molecular weight is 246 g/mol. The molecular weight excluding hydrogens is 228 g/mol. The molecule has 0 heteroatoms. The standard InChI is InChI=1S/C19H18/c1-14(2)16-11-12-17(13-16)19-10-6-9-18(19)15-7-4-3-5-8-15/h3-9,11-13H,10H2,1-2H3. The third-order valence-electron chi connectivity index (χ3n) is 3.70. The third kappa shape index (κ3) is 2.26. The molecule has 1 aromatic rings. The lowest BCUT2D eigenvalue weighted by Gasteiger charge is -2.07. The highest BCUT2D eigenvalue weighted by molar-refractivity contribution is 5.84. The topological polar surface area (TPSA) is 0 Å². The fourth-order valence-corrected chi connectivity index (χ4v) is 2.61. The molecule has 0 unspecified atom stereocenters. The predicted molar refractivity (Wildman–Crippen MR) is 82.7 cm³/mol. The van der Waals surface area contributed by atoms with Crippen molar-refractivity contribution in [1.29, 1.82) is 0 Å². The summed E-state index contributed by atoms with van der Waals surface area (Å²) >= 11 is 0. The molecule has 3 rings (SSSR count). The molecule has 94 valence electrons. The van der Waals surface area contributed by atoms with E-state index in [1.54, 1.807) is 0 Å². The van der Waals surface area contributed by atoms with Crippen LogP contribution in [0.5, 0.6) is 0 Å². The second-order valence-electron chi connectivity index (χ2n) is 5.25. The Bertz CT molecular complexity index is 643. The van der Waals surface area contributed by atoms with Crippen LogP contribution in [-0.2, 0) is 0 Å². The fourth-order valence-electron chi connectivity index (χ4n) is 2.61. The summed E-state index contributed by atoms with van der Waals surface area (Å²) in [5.74, 6) is 0. The maximum atomic E-state index is 2.31. The van der Waals surface area contributed by atoms with E-state index in [2.05, 4.69) is 74.6 Å². The van der Waals surface area contributed by atoms with Gasteiger partial charge in [-0.2, -0.15) is 0 Å². The molecule has 19 heavy (non-hydrogen) atoms. The molecule has 0 saturated heterocycles. The molecular formula is C19H18. The molecule has 0 atom stereocenters. The first-order valence-electron chi connectivity index (χ1n) is 6.78. The first-order valence-corrected chi connectivity index (χ1v) is 6.78. The predicted octanol–water partition coefficient (Wildman–Crippen LogP) is 5.23. The van der Waals surface area contributed by atoms with Crippen LogP contribution in [0.4, 0.5) is 0 Å². The van der Waals surface area contributed by atoms with Gasteiger partial charge in [0, 0.05) is 0 Å². The van der Waals surface area contributed by atoms with Crippen molar-refractivity contribution < 1.29 is 0 Å². The minimum atomic E-state index is 1.04. The van der Waals surface area contributed by atoms with Crippen LogP contribution in [0.2, 0.25) is 0 Å². The number of benzene rings is 1. The zero-order valence-electron chi connectivity index (χ0n) is 11.5. The number of hydrogen-bond donors (Lipinski definition) is 0. The van der Waals surface area contributed by atoms with Crippen LogP contribution >= 0.6 is 0 Å². The van der Waals surface area contributed by atoms with E-state index in [1.165, 1.54) is 33.4 Å². The van der Waals surface area contributed by atoms with Gasteiger partial charge in [0.2, 0.25) is 0 Å². The van der Waals surface area contributed by atoms with Gasteiger partial charge in [-0.3, -0.25) is 0 Å². The normalized spacial score (nSPS) is 17.4. The molecule has 0 aromatic heterocycles. The fraction of sp³-hybridized carbons (Fsp3) is 0.158. The Kier molecular flexibility index (Phi) is 3.08. The molecule has 2 aliphatic carbocycles. The van der Waals surface area contributed by atoms with Gasteiger partial charge in [0.1, 0.15) is 0 Å². The SMILES string of the molecule is CC(C)=C1C=CC(C2=C(c3ccccc3)C=CC2)=C1. The zero-order valence-corrected chi connectivity index (χ0v) is 11.5. The van der Waals surface area contributed by atoms with E-state index in [9.17, 15) is 0 Å². The molecule has 0 radical (unpaired) electrons. The second-order valence-corrected chi connectivity index (χ2v) is 5.25. The van der Waals surface area contributed by atoms with Crippen LogP contribution in [0.15, 0.2) is 83.0 Å². The Labute approximate surface area is 115 Å². The van der Waals surface area contributed by atoms with Gasteiger partial charge in [0.15, 0.2) is 0 Å². The van der Waals surface area contributed by atoms with E-state index in [4.69, 9.17) is 0 Å². The van der Waals surface area contributed by atoms with E-state index in [0.29, 0.717) is 0 Å². The summed E-state index contributed by atoms with van der Waals surface area (Å²) in [6.45, 7) is 4.33. The van der Waals surface area contributed by atoms with Gasteiger partial charge in [-0.25, -0.2) is 0 Å². The van der Waals surface area contributed by atoms with Crippen molar-refractivity contribution in [3.8, 4) is 0 Å². The van der Waals surface area contributed by atoms with Gasteiger partial charge >= 0.3 is 0 Å². The van der Waals surface area contributed by atoms with Crippen molar-refractivity contribution in [3.63, 3.8) is 0 Å². The summed E-state index contributed by atoms with van der Waals surface area (Å²) in [4.78, 5) is 0. The van der Waals surface area contributed by atoms with Gasteiger partial charge in [-0.1, -0.05) is 60.2 Å². The third-order valence-corrected chi connectivity index (χ3v) is 3.70. The highest BCUT2D eigenvalue weighted by atomic mass is 14.2. The quantitative estimate of drug-likeness (QED) is 0.670. The Morgan fingerprint density at radius 2 is 1.74 bits per heavy atom. The largest absolute Gasteiger partial charge is 0.0795 e. The van der Waals surface area contributed by atoms with Gasteiger partial charge in [0.05, 0.1) is 0 Å². The summed E-state index contributed by atoms with van der Waals surface area (Å²) < 4.78 is 0. The molecule has 0 heterocycles. The Balaban J connectivity index is 2.04. The summed E-state index contributed by atoms with van der Waals surface area (Å²) in [6, 6.07) is 10.6. The summed E-state index contributed by atoms with van der Waals surface area (Å²) in [7, 11) is 0. The van der Waals surface area contributed by atoms with Crippen molar-refractivity contribution >= 4 is 5.57 Å². The second kappa shape index (κ2) is 4.89. The maximum Gasteiger partial charge on any atom is -0.00820 e. The van der Waals surface area contributed by atoms with E-state index in [-0.39, 0.29) is 0 Å². The number of rotatable bonds is 2. The zero-order chi connectivity index (χ0) is 13.2. The maximum absolute atomic E-state index is 2.31. The lowest BCUT2D eigenvalue weighted by molar-refractivity contribution is 1.29. The van der Waals surface area contributed by atoms with Gasteiger partial charge in [-0.15, -0.1) is 0 Å². The van der Waals surface area contributed by atoms with Crippen LogP contribution in [0.25, 0.3) is 5.57 Å². The smallest absolute Gasteiger partial charge is 0.00820 e. The van der Waals surface area contributed by atoms with Crippen LogP contribution in [0.1, 0.15) is 25.8 Å². The average Bonchev–Trinajstić information content (AvgIpc) is 3.08. The summed E-state index contributed by atoms with van der Waals surface area (Å²) in [5, 5.41) is 0. The molecule has 0 nitrogen and oxygen atoms in total. The van der Waals surface area contributed by atoms with Crippen LogP contribution in [0, 0.1) is 0 Å². The molecule has 2 aliphatic rings. The van der Waals surface area contributed by atoms with Crippen molar-refractivity contribution in [2.45, 2.75) is 20.3 Å². The Morgan fingerprint density at radius 3 is 2.42 bits per heavy atom. The molecule has 0 amide bonds. The Morgan fingerprint density at radius 1 is 0.947 bits per heavy atom. The molecule has 1 aromatic carbocycles. The highest BCUT2D eigenvalue weighted by Gasteiger charge is 2.16. The van der Waals surface area contributed by atoms with Gasteiger partial charge in [-0.05, 0) is 54.2 Å². The molecule has 0 N–H and O–H groups in total. The van der Waals surface area contributed by atoms with Crippen molar-refractivity contribution in [2.24, 2.45) is 0 Å². The minimum absolute atomic E-state index is 1.04.